The van der Waals surface area contributed by atoms with E-state index < -0.39 is 10.0 Å². The minimum absolute atomic E-state index is 0.0968. The lowest BCUT2D eigenvalue weighted by atomic mass is 9.98. The molecule has 176 valence electrons. The minimum atomic E-state index is -3.53. The molecule has 9 heteroatoms. The molecular weight excluding hydrogens is 444 g/mol. The Kier molecular flexibility index (Phi) is 7.02. The first kappa shape index (κ1) is 23.3. The monoisotopic (exact) mass is 472 g/mol. The van der Waals surface area contributed by atoms with Crippen molar-refractivity contribution in [1.82, 2.24) is 9.21 Å². The third-order valence-electron chi connectivity index (χ3n) is 5.94. The highest BCUT2D eigenvalue weighted by atomic mass is 32.2. The number of carbonyl (C=O) groups excluding carboxylic acids is 1. The number of fused-ring (bicyclic) bond motifs is 1. The second kappa shape index (κ2) is 9.94. The van der Waals surface area contributed by atoms with Crippen LogP contribution >= 0.6 is 0 Å². The van der Waals surface area contributed by atoms with Crippen molar-refractivity contribution in [1.29, 1.82) is 0 Å². The zero-order chi connectivity index (χ0) is 23.4. The van der Waals surface area contributed by atoms with Crippen LogP contribution in [0.4, 0.5) is 0 Å². The first-order valence-corrected chi connectivity index (χ1v) is 12.2. The van der Waals surface area contributed by atoms with Crippen molar-refractivity contribution >= 4 is 22.0 Å². The van der Waals surface area contributed by atoms with Crippen molar-refractivity contribution in [3.63, 3.8) is 0 Å². The Morgan fingerprint density at radius 2 is 1.61 bits per heavy atom. The summed E-state index contributed by atoms with van der Waals surface area (Å²) in [6, 6.07) is 10.5. The van der Waals surface area contributed by atoms with Gasteiger partial charge in [-0.05, 0) is 53.5 Å². The smallest absolute Gasteiger partial charge is 0.246 e. The summed E-state index contributed by atoms with van der Waals surface area (Å²) in [6.45, 7) is 2.64. The van der Waals surface area contributed by atoms with Gasteiger partial charge < -0.3 is 19.1 Å². The number of carbonyl (C=O) groups is 1. The zero-order valence-corrected chi connectivity index (χ0v) is 19.6. The van der Waals surface area contributed by atoms with Gasteiger partial charge in [-0.1, -0.05) is 12.1 Å². The standard InChI is InChI=1S/C24H28N2O6S/c1-30-22-15-19-9-10-25(17-20(19)16-23(22)31-2)24(27)8-5-18-3-6-21(7-4-18)33(28,29)26-11-13-32-14-12-26/h3-8,15-16H,9-14,17H2,1-2H3/b8-5+. The normalized spacial score (nSPS) is 17.1. The lowest BCUT2D eigenvalue weighted by Gasteiger charge is -2.28. The number of hydrogen-bond donors (Lipinski definition) is 0. The number of nitrogens with zero attached hydrogens (tertiary/aromatic N) is 2. The fourth-order valence-electron chi connectivity index (χ4n) is 4.03. The van der Waals surface area contributed by atoms with Crippen LogP contribution in [-0.2, 0) is 32.5 Å². The van der Waals surface area contributed by atoms with E-state index in [2.05, 4.69) is 0 Å². The van der Waals surface area contributed by atoms with E-state index >= 15 is 0 Å². The molecule has 0 radical (unpaired) electrons. The number of ether oxygens (including phenoxy) is 3. The molecule has 0 bridgehead atoms. The molecule has 0 aliphatic carbocycles. The summed E-state index contributed by atoms with van der Waals surface area (Å²) in [6.07, 6.45) is 3.97. The van der Waals surface area contributed by atoms with Gasteiger partial charge in [-0.2, -0.15) is 4.31 Å². The van der Waals surface area contributed by atoms with Crippen LogP contribution in [0.1, 0.15) is 16.7 Å². The van der Waals surface area contributed by atoms with Crippen LogP contribution in [0.15, 0.2) is 47.4 Å². The highest BCUT2D eigenvalue weighted by Crippen LogP contribution is 2.33. The molecule has 0 atom stereocenters. The van der Waals surface area contributed by atoms with Crippen molar-refractivity contribution in [2.45, 2.75) is 17.9 Å². The largest absolute Gasteiger partial charge is 0.493 e. The summed E-state index contributed by atoms with van der Waals surface area (Å²) in [4.78, 5) is 14.8. The number of sulfonamides is 1. The topological polar surface area (TPSA) is 85.4 Å². The van der Waals surface area contributed by atoms with Gasteiger partial charge in [0.05, 0.1) is 32.3 Å². The Labute approximate surface area is 194 Å². The van der Waals surface area contributed by atoms with Gasteiger partial charge in [-0.25, -0.2) is 8.42 Å². The van der Waals surface area contributed by atoms with Crippen LogP contribution in [0, 0.1) is 0 Å². The molecule has 33 heavy (non-hydrogen) atoms. The van der Waals surface area contributed by atoms with Crippen LogP contribution in [-0.4, -0.2) is 70.6 Å². The predicted octanol–water partition coefficient (Wildman–Crippen LogP) is 2.32. The van der Waals surface area contributed by atoms with Crippen LogP contribution in [0.5, 0.6) is 11.5 Å². The van der Waals surface area contributed by atoms with E-state index in [4.69, 9.17) is 14.2 Å². The predicted molar refractivity (Wildman–Crippen MR) is 124 cm³/mol. The quantitative estimate of drug-likeness (QED) is 0.600. The molecule has 0 N–H and O–H groups in total. The van der Waals surface area contributed by atoms with E-state index in [9.17, 15) is 13.2 Å². The lowest BCUT2D eigenvalue weighted by Crippen LogP contribution is -2.40. The van der Waals surface area contributed by atoms with Gasteiger partial charge in [0.25, 0.3) is 0 Å². The number of methoxy groups -OCH3 is 2. The molecule has 1 amide bonds. The molecule has 2 aromatic rings. The Bertz CT molecular complexity index is 1140. The Morgan fingerprint density at radius 3 is 2.24 bits per heavy atom. The molecule has 0 aromatic heterocycles. The molecule has 0 saturated carbocycles. The van der Waals surface area contributed by atoms with Gasteiger partial charge in [-0.3, -0.25) is 4.79 Å². The van der Waals surface area contributed by atoms with Crippen molar-refractivity contribution in [3.05, 3.63) is 59.2 Å². The first-order valence-electron chi connectivity index (χ1n) is 10.8. The fourth-order valence-corrected chi connectivity index (χ4v) is 5.44. The maximum atomic E-state index is 12.8. The summed E-state index contributed by atoms with van der Waals surface area (Å²) < 4.78 is 42.9. The number of amides is 1. The molecule has 1 saturated heterocycles. The number of hydrogen-bond acceptors (Lipinski definition) is 6. The minimum Gasteiger partial charge on any atom is -0.493 e. The van der Waals surface area contributed by atoms with Crippen LogP contribution in [0.3, 0.4) is 0 Å². The first-order chi connectivity index (χ1) is 15.9. The van der Waals surface area contributed by atoms with E-state index in [1.165, 1.54) is 10.4 Å². The van der Waals surface area contributed by atoms with Crippen LogP contribution in [0.25, 0.3) is 6.08 Å². The lowest BCUT2D eigenvalue weighted by molar-refractivity contribution is -0.126. The number of rotatable bonds is 6. The SMILES string of the molecule is COc1cc2c(cc1OC)CN(C(=O)/C=C/c1ccc(S(=O)(=O)N3CCOCC3)cc1)CC2. The van der Waals surface area contributed by atoms with E-state index in [-0.39, 0.29) is 10.8 Å². The van der Waals surface area contributed by atoms with E-state index in [1.54, 1.807) is 49.5 Å². The van der Waals surface area contributed by atoms with Gasteiger partial charge in [0, 0.05) is 32.3 Å². The Hall–Kier alpha value is -2.88. The second-order valence-corrected chi connectivity index (χ2v) is 9.84. The molecule has 2 aliphatic heterocycles. The molecule has 2 aromatic carbocycles. The summed E-state index contributed by atoms with van der Waals surface area (Å²) in [5.74, 6) is 1.24. The van der Waals surface area contributed by atoms with Gasteiger partial charge in [-0.15, -0.1) is 0 Å². The van der Waals surface area contributed by atoms with Crippen molar-refractivity contribution < 1.29 is 27.4 Å². The molecular formula is C24H28N2O6S. The molecule has 4 rings (SSSR count). The number of morpholine rings is 1. The average molecular weight is 473 g/mol. The average Bonchev–Trinajstić information content (AvgIpc) is 2.86. The zero-order valence-electron chi connectivity index (χ0n) is 18.8. The molecule has 8 nitrogen and oxygen atoms in total. The van der Waals surface area contributed by atoms with E-state index in [1.807, 2.05) is 12.1 Å². The van der Waals surface area contributed by atoms with Gasteiger partial charge in [0.1, 0.15) is 0 Å². The summed E-state index contributed by atoms with van der Waals surface area (Å²) >= 11 is 0. The summed E-state index contributed by atoms with van der Waals surface area (Å²) in [5.41, 5.74) is 2.95. The van der Waals surface area contributed by atoms with Gasteiger partial charge in [0.15, 0.2) is 11.5 Å². The fraction of sp³-hybridized carbons (Fsp3) is 0.375. The third kappa shape index (κ3) is 5.05. The van der Waals surface area contributed by atoms with Crippen LogP contribution < -0.4 is 9.47 Å². The van der Waals surface area contributed by atoms with Crippen molar-refractivity contribution in [2.75, 3.05) is 47.1 Å². The third-order valence-corrected chi connectivity index (χ3v) is 7.85. The van der Waals surface area contributed by atoms with Gasteiger partial charge >= 0.3 is 0 Å². The van der Waals surface area contributed by atoms with Gasteiger partial charge in [0.2, 0.25) is 15.9 Å². The Morgan fingerprint density at radius 1 is 0.970 bits per heavy atom. The summed E-state index contributed by atoms with van der Waals surface area (Å²) in [7, 11) is -0.329. The van der Waals surface area contributed by atoms with E-state index in [0.29, 0.717) is 50.9 Å². The summed E-state index contributed by atoms with van der Waals surface area (Å²) in [5, 5.41) is 0. The second-order valence-electron chi connectivity index (χ2n) is 7.90. The van der Waals surface area contributed by atoms with Crippen molar-refractivity contribution in [2.24, 2.45) is 0 Å². The Balaban J connectivity index is 1.42. The van der Waals surface area contributed by atoms with Crippen LogP contribution in [0.2, 0.25) is 0 Å². The molecule has 2 aliphatic rings. The van der Waals surface area contributed by atoms with E-state index in [0.717, 1.165) is 23.1 Å². The highest BCUT2D eigenvalue weighted by Gasteiger charge is 2.26. The number of benzene rings is 2. The highest BCUT2D eigenvalue weighted by molar-refractivity contribution is 7.89. The molecule has 0 spiro atoms. The maximum Gasteiger partial charge on any atom is 0.246 e. The molecule has 1 fully saturated rings. The van der Waals surface area contributed by atoms with Crippen molar-refractivity contribution in [3.8, 4) is 11.5 Å². The molecule has 0 unspecified atom stereocenters. The maximum absolute atomic E-state index is 12.8. The molecule has 2 heterocycles.